The van der Waals surface area contributed by atoms with Crippen LogP contribution in [0.3, 0.4) is 0 Å². The smallest absolute Gasteiger partial charge is 0.255 e. The highest BCUT2D eigenvalue weighted by Crippen LogP contribution is 2.36. The van der Waals surface area contributed by atoms with Gasteiger partial charge in [-0.2, -0.15) is 0 Å². The SMILES string of the molecule is C=C(CO[Si](C)(C)C(C)(C)C)C(=O)N(C)c1ccccc1. The van der Waals surface area contributed by atoms with E-state index in [9.17, 15) is 4.79 Å². The standard InChI is InChI=1S/C17H27NO2Si/c1-14(13-20-21(6,7)17(2,3)4)16(19)18(5)15-11-9-8-10-12-15/h8-12H,1,13H2,2-7H3. The fourth-order valence-electron chi connectivity index (χ4n) is 1.55. The number of hydrogen-bond acceptors (Lipinski definition) is 2. The lowest BCUT2D eigenvalue weighted by molar-refractivity contribution is -0.115. The van der Waals surface area contributed by atoms with E-state index in [1.165, 1.54) is 0 Å². The molecule has 0 aliphatic heterocycles. The van der Waals surface area contributed by atoms with Gasteiger partial charge in [0.15, 0.2) is 8.32 Å². The Morgan fingerprint density at radius 1 is 1.24 bits per heavy atom. The Morgan fingerprint density at radius 3 is 2.24 bits per heavy atom. The second-order valence-electron chi connectivity index (χ2n) is 6.85. The van der Waals surface area contributed by atoms with E-state index in [0.717, 1.165) is 5.69 Å². The van der Waals surface area contributed by atoms with Crippen molar-refractivity contribution in [3.8, 4) is 0 Å². The molecule has 0 saturated carbocycles. The number of benzene rings is 1. The van der Waals surface area contributed by atoms with E-state index in [1.54, 1.807) is 11.9 Å². The van der Waals surface area contributed by atoms with E-state index in [0.29, 0.717) is 12.2 Å². The summed E-state index contributed by atoms with van der Waals surface area (Å²) in [4.78, 5) is 14.0. The Labute approximate surface area is 129 Å². The second kappa shape index (κ2) is 6.58. The summed E-state index contributed by atoms with van der Waals surface area (Å²) in [6.07, 6.45) is 0. The van der Waals surface area contributed by atoms with Crippen molar-refractivity contribution in [2.75, 3.05) is 18.6 Å². The molecule has 3 nitrogen and oxygen atoms in total. The zero-order valence-electron chi connectivity index (χ0n) is 14.1. The molecule has 0 bridgehead atoms. The van der Waals surface area contributed by atoms with E-state index in [2.05, 4.69) is 40.4 Å². The summed E-state index contributed by atoms with van der Waals surface area (Å²) < 4.78 is 6.05. The number of nitrogens with zero attached hydrogens (tertiary/aromatic N) is 1. The normalized spacial score (nSPS) is 12.1. The number of hydrogen-bond donors (Lipinski definition) is 0. The number of amides is 1. The minimum atomic E-state index is -1.86. The average Bonchev–Trinajstić information content (AvgIpc) is 2.43. The van der Waals surface area contributed by atoms with Gasteiger partial charge in [-0.3, -0.25) is 4.79 Å². The molecule has 0 spiro atoms. The summed E-state index contributed by atoms with van der Waals surface area (Å²) in [6, 6.07) is 9.55. The maximum Gasteiger partial charge on any atom is 0.255 e. The minimum absolute atomic E-state index is 0.0973. The van der Waals surface area contributed by atoms with E-state index in [-0.39, 0.29) is 10.9 Å². The van der Waals surface area contributed by atoms with Crippen molar-refractivity contribution < 1.29 is 9.22 Å². The summed E-state index contributed by atoms with van der Waals surface area (Å²) in [7, 11) is -0.100. The van der Waals surface area contributed by atoms with Crippen LogP contribution in [0, 0.1) is 0 Å². The maximum absolute atomic E-state index is 12.4. The molecule has 0 saturated heterocycles. The first-order valence-corrected chi connectivity index (χ1v) is 10.1. The highest BCUT2D eigenvalue weighted by molar-refractivity contribution is 6.74. The molecule has 1 rings (SSSR count). The molecule has 4 heteroatoms. The third-order valence-corrected chi connectivity index (χ3v) is 8.64. The van der Waals surface area contributed by atoms with E-state index >= 15 is 0 Å². The van der Waals surface area contributed by atoms with Gasteiger partial charge in [-0.15, -0.1) is 0 Å². The average molecular weight is 305 g/mol. The number of likely N-dealkylation sites (N-methyl/N-ethyl adjacent to an activating group) is 1. The molecule has 21 heavy (non-hydrogen) atoms. The van der Waals surface area contributed by atoms with Crippen molar-refractivity contribution in [3.63, 3.8) is 0 Å². The van der Waals surface area contributed by atoms with Crippen molar-refractivity contribution in [1.82, 2.24) is 0 Å². The lowest BCUT2D eigenvalue weighted by Gasteiger charge is -2.36. The van der Waals surface area contributed by atoms with E-state index < -0.39 is 8.32 Å². The van der Waals surface area contributed by atoms with Crippen LogP contribution in [0.15, 0.2) is 42.5 Å². The Bertz CT molecular complexity index is 503. The Kier molecular flexibility index (Phi) is 5.53. The molecule has 1 aromatic rings. The predicted octanol–water partition coefficient (Wildman–Crippen LogP) is 4.23. The quantitative estimate of drug-likeness (QED) is 0.602. The lowest BCUT2D eigenvalue weighted by atomic mass is 10.2. The van der Waals surface area contributed by atoms with Crippen LogP contribution in [-0.4, -0.2) is 27.9 Å². The van der Waals surface area contributed by atoms with Crippen LogP contribution in [0.4, 0.5) is 5.69 Å². The molecule has 116 valence electrons. The van der Waals surface area contributed by atoms with Crippen LogP contribution in [0.5, 0.6) is 0 Å². The van der Waals surface area contributed by atoms with Gasteiger partial charge in [0.1, 0.15) is 0 Å². The van der Waals surface area contributed by atoms with Crippen molar-refractivity contribution in [2.24, 2.45) is 0 Å². The monoisotopic (exact) mass is 305 g/mol. The third-order valence-electron chi connectivity index (χ3n) is 4.16. The molecule has 0 N–H and O–H groups in total. The summed E-state index contributed by atoms with van der Waals surface area (Å²) in [6.45, 7) is 15.1. The van der Waals surface area contributed by atoms with E-state index in [1.807, 2.05) is 30.3 Å². The molecule has 0 atom stereocenters. The van der Waals surface area contributed by atoms with Gasteiger partial charge in [-0.25, -0.2) is 0 Å². The van der Waals surface area contributed by atoms with Gasteiger partial charge in [-0.05, 0) is 30.3 Å². The van der Waals surface area contributed by atoms with Crippen LogP contribution < -0.4 is 4.90 Å². The van der Waals surface area contributed by atoms with Crippen LogP contribution in [0.2, 0.25) is 18.1 Å². The molecule has 0 fully saturated rings. The first kappa shape index (κ1) is 17.7. The molecule has 0 heterocycles. The first-order valence-electron chi connectivity index (χ1n) is 7.21. The highest BCUT2D eigenvalue weighted by atomic mass is 28.4. The molecule has 1 aromatic carbocycles. The van der Waals surface area contributed by atoms with Gasteiger partial charge < -0.3 is 9.33 Å². The van der Waals surface area contributed by atoms with Crippen LogP contribution in [0.1, 0.15) is 20.8 Å². The van der Waals surface area contributed by atoms with Crippen LogP contribution in [-0.2, 0) is 9.22 Å². The highest BCUT2D eigenvalue weighted by Gasteiger charge is 2.37. The molecule has 0 radical (unpaired) electrons. The van der Waals surface area contributed by atoms with Crippen molar-refractivity contribution in [1.29, 1.82) is 0 Å². The second-order valence-corrected chi connectivity index (χ2v) is 11.7. The summed E-state index contributed by atoms with van der Waals surface area (Å²) in [5.74, 6) is -0.0973. The van der Waals surface area contributed by atoms with Gasteiger partial charge in [0, 0.05) is 18.3 Å². The molecule has 0 aliphatic carbocycles. The van der Waals surface area contributed by atoms with E-state index in [4.69, 9.17) is 4.43 Å². The fourth-order valence-corrected chi connectivity index (χ4v) is 2.52. The first-order chi connectivity index (χ1) is 9.56. The number of carbonyl (C=O) groups excluding carboxylic acids is 1. The van der Waals surface area contributed by atoms with Crippen molar-refractivity contribution in [3.05, 3.63) is 42.5 Å². The summed E-state index contributed by atoms with van der Waals surface area (Å²) in [5.41, 5.74) is 1.35. The Hall–Kier alpha value is -1.39. The van der Waals surface area contributed by atoms with Crippen LogP contribution in [0.25, 0.3) is 0 Å². The maximum atomic E-state index is 12.4. The summed E-state index contributed by atoms with van der Waals surface area (Å²) >= 11 is 0. The molecule has 0 aliphatic rings. The molecule has 0 unspecified atom stereocenters. The molecular weight excluding hydrogens is 278 g/mol. The zero-order valence-corrected chi connectivity index (χ0v) is 15.1. The molecular formula is C17H27NO2Si. The third kappa shape index (κ3) is 4.54. The number of anilines is 1. The predicted molar refractivity (Wildman–Crippen MR) is 92.1 cm³/mol. The molecule has 0 aromatic heterocycles. The van der Waals surface area contributed by atoms with Gasteiger partial charge >= 0.3 is 0 Å². The topological polar surface area (TPSA) is 29.5 Å². The van der Waals surface area contributed by atoms with Crippen molar-refractivity contribution >= 4 is 19.9 Å². The lowest BCUT2D eigenvalue weighted by Crippen LogP contribution is -2.42. The summed E-state index contributed by atoms with van der Waals surface area (Å²) in [5, 5.41) is 0.127. The zero-order chi connectivity index (χ0) is 16.3. The Morgan fingerprint density at radius 2 is 1.76 bits per heavy atom. The van der Waals surface area contributed by atoms with Gasteiger partial charge in [0.2, 0.25) is 0 Å². The minimum Gasteiger partial charge on any atom is -0.412 e. The number of rotatable bonds is 5. The number of carbonyl (C=O) groups is 1. The largest absolute Gasteiger partial charge is 0.412 e. The van der Waals surface area contributed by atoms with Gasteiger partial charge in [-0.1, -0.05) is 45.5 Å². The molecule has 1 amide bonds. The number of para-hydroxylation sites is 1. The van der Waals surface area contributed by atoms with Crippen LogP contribution >= 0.6 is 0 Å². The van der Waals surface area contributed by atoms with Gasteiger partial charge in [0.25, 0.3) is 5.91 Å². The fraction of sp³-hybridized carbons (Fsp3) is 0.471. The Balaban J connectivity index is 2.66. The van der Waals surface area contributed by atoms with Crippen molar-refractivity contribution in [2.45, 2.75) is 38.9 Å². The van der Waals surface area contributed by atoms with Gasteiger partial charge in [0.05, 0.1) is 6.61 Å².